The predicted molar refractivity (Wildman–Crippen MR) is 141 cm³/mol. The number of piperidine rings is 1. The molecule has 4 saturated heterocycles. The number of aromatic nitrogens is 3. The number of ether oxygens (including phenoxy) is 4. The number of rotatable bonds is 6. The molecule has 11 heteroatoms. The minimum Gasteiger partial charge on any atom is -0.486 e. The Labute approximate surface area is 227 Å². The SMILES string of the molecule is OCc1nc(Sc2ccnc3c2OCC2CC(OC4CCOC4)CN32)cnc1N1CCC2(CCOC2)CC1. The first kappa shape index (κ1) is 24.8. The van der Waals surface area contributed by atoms with Crippen LogP contribution in [-0.2, 0) is 20.8 Å². The third kappa shape index (κ3) is 4.72. The molecule has 0 saturated carbocycles. The Balaban J connectivity index is 1.05. The van der Waals surface area contributed by atoms with Crippen LogP contribution in [0.15, 0.2) is 28.4 Å². The van der Waals surface area contributed by atoms with E-state index in [-0.39, 0.29) is 24.9 Å². The third-order valence-corrected chi connectivity index (χ3v) is 9.61. The molecule has 5 aliphatic heterocycles. The summed E-state index contributed by atoms with van der Waals surface area (Å²) >= 11 is 1.50. The number of aliphatic hydroxyl groups is 1. The minimum absolute atomic E-state index is 0.144. The number of aliphatic hydroxyl groups excluding tert-OH is 1. The number of hydrogen-bond acceptors (Lipinski definition) is 11. The highest BCUT2D eigenvalue weighted by Gasteiger charge is 2.41. The van der Waals surface area contributed by atoms with Gasteiger partial charge in [-0.25, -0.2) is 15.0 Å². The van der Waals surface area contributed by atoms with E-state index in [1.807, 2.05) is 18.5 Å². The van der Waals surface area contributed by atoms with Crippen molar-refractivity contribution in [3.05, 3.63) is 24.2 Å². The van der Waals surface area contributed by atoms with Crippen molar-refractivity contribution < 1.29 is 24.1 Å². The van der Waals surface area contributed by atoms with Gasteiger partial charge in [0.05, 0.1) is 49.2 Å². The quantitative estimate of drug-likeness (QED) is 0.584. The zero-order valence-electron chi connectivity index (χ0n) is 21.6. The zero-order valence-corrected chi connectivity index (χ0v) is 22.4. The van der Waals surface area contributed by atoms with Crippen molar-refractivity contribution in [2.24, 2.45) is 5.41 Å². The maximum atomic E-state index is 10.1. The lowest BCUT2D eigenvalue weighted by atomic mass is 9.78. The summed E-state index contributed by atoms with van der Waals surface area (Å²) in [7, 11) is 0. The Kier molecular flexibility index (Phi) is 6.81. The molecule has 0 aromatic carbocycles. The van der Waals surface area contributed by atoms with E-state index < -0.39 is 0 Å². The van der Waals surface area contributed by atoms with Gasteiger partial charge in [0.25, 0.3) is 0 Å². The lowest BCUT2D eigenvalue weighted by molar-refractivity contribution is -0.00632. The molecular formula is C27H35N5O5S. The molecule has 7 rings (SSSR count). The van der Waals surface area contributed by atoms with Crippen LogP contribution >= 0.6 is 11.8 Å². The molecule has 0 amide bonds. The first-order chi connectivity index (χ1) is 18.7. The number of fused-ring (bicyclic) bond motifs is 3. The third-order valence-electron chi connectivity index (χ3n) is 8.66. The highest BCUT2D eigenvalue weighted by atomic mass is 32.2. The van der Waals surface area contributed by atoms with Gasteiger partial charge in [-0.1, -0.05) is 11.8 Å². The Hall–Kier alpha value is -2.18. The van der Waals surface area contributed by atoms with Crippen LogP contribution in [0, 0.1) is 5.41 Å². The van der Waals surface area contributed by atoms with Crippen molar-refractivity contribution in [1.82, 2.24) is 15.0 Å². The summed E-state index contributed by atoms with van der Waals surface area (Å²) in [5.41, 5.74) is 0.943. The van der Waals surface area contributed by atoms with Crippen molar-refractivity contribution in [3.8, 4) is 5.75 Å². The molecule has 3 atom stereocenters. The van der Waals surface area contributed by atoms with Gasteiger partial charge in [-0.05, 0) is 43.6 Å². The molecule has 3 unspecified atom stereocenters. The lowest BCUT2D eigenvalue weighted by Gasteiger charge is -2.39. The predicted octanol–water partition coefficient (Wildman–Crippen LogP) is 2.67. The Bertz CT molecular complexity index is 1150. The van der Waals surface area contributed by atoms with Gasteiger partial charge in [-0.3, -0.25) is 0 Å². The van der Waals surface area contributed by atoms with Crippen molar-refractivity contribution in [2.45, 2.75) is 66.9 Å². The van der Waals surface area contributed by atoms with E-state index in [0.717, 1.165) is 98.9 Å². The van der Waals surface area contributed by atoms with Crippen LogP contribution < -0.4 is 14.5 Å². The largest absolute Gasteiger partial charge is 0.486 e. The normalized spacial score (nSPS) is 28.0. The van der Waals surface area contributed by atoms with E-state index in [0.29, 0.717) is 24.3 Å². The molecule has 1 spiro atoms. The zero-order chi connectivity index (χ0) is 25.5. The summed E-state index contributed by atoms with van der Waals surface area (Å²) in [4.78, 5) is 19.8. The van der Waals surface area contributed by atoms with Crippen LogP contribution in [0.1, 0.15) is 37.8 Å². The Morgan fingerprint density at radius 1 is 1.08 bits per heavy atom. The summed E-state index contributed by atoms with van der Waals surface area (Å²) in [5.74, 6) is 2.44. The van der Waals surface area contributed by atoms with Crippen LogP contribution in [0.3, 0.4) is 0 Å². The van der Waals surface area contributed by atoms with Crippen molar-refractivity contribution >= 4 is 23.4 Å². The molecule has 2 aromatic heterocycles. The van der Waals surface area contributed by atoms with Crippen LogP contribution in [0.4, 0.5) is 11.6 Å². The monoisotopic (exact) mass is 541 g/mol. The van der Waals surface area contributed by atoms with E-state index in [4.69, 9.17) is 28.9 Å². The molecule has 38 heavy (non-hydrogen) atoms. The van der Waals surface area contributed by atoms with Gasteiger partial charge in [0, 0.05) is 39.0 Å². The fourth-order valence-corrected chi connectivity index (χ4v) is 7.33. The number of nitrogens with zero attached hydrogens (tertiary/aromatic N) is 5. The van der Waals surface area contributed by atoms with Gasteiger partial charge in [0.15, 0.2) is 17.4 Å². The first-order valence-electron chi connectivity index (χ1n) is 13.8. The first-order valence-corrected chi connectivity index (χ1v) is 14.6. The topological polar surface area (TPSA) is 102 Å². The Morgan fingerprint density at radius 2 is 2.00 bits per heavy atom. The maximum Gasteiger partial charge on any atom is 0.175 e. The van der Waals surface area contributed by atoms with Crippen molar-refractivity contribution in [2.75, 3.05) is 62.5 Å². The summed E-state index contributed by atoms with van der Waals surface area (Å²) < 4.78 is 23.7. The highest BCUT2D eigenvalue weighted by molar-refractivity contribution is 7.99. The summed E-state index contributed by atoms with van der Waals surface area (Å²) in [6.07, 6.45) is 9.23. The smallest absolute Gasteiger partial charge is 0.175 e. The molecule has 204 valence electrons. The van der Waals surface area contributed by atoms with Gasteiger partial charge >= 0.3 is 0 Å². The molecule has 7 heterocycles. The summed E-state index contributed by atoms with van der Waals surface area (Å²) in [6, 6.07) is 2.23. The summed E-state index contributed by atoms with van der Waals surface area (Å²) in [6.45, 7) is 6.33. The van der Waals surface area contributed by atoms with Gasteiger partial charge in [0.1, 0.15) is 17.3 Å². The van der Waals surface area contributed by atoms with Crippen molar-refractivity contribution in [3.63, 3.8) is 0 Å². The number of hydrogen-bond donors (Lipinski definition) is 1. The van der Waals surface area contributed by atoms with Crippen LogP contribution in [-0.4, -0.2) is 91.0 Å². The molecule has 5 aliphatic rings. The van der Waals surface area contributed by atoms with E-state index in [1.165, 1.54) is 11.8 Å². The average molecular weight is 542 g/mol. The second-order valence-corrected chi connectivity index (χ2v) is 12.1. The molecule has 1 N–H and O–H groups in total. The van der Waals surface area contributed by atoms with Gasteiger partial charge in [-0.2, -0.15) is 0 Å². The molecule has 0 radical (unpaired) electrons. The van der Waals surface area contributed by atoms with Crippen molar-refractivity contribution in [1.29, 1.82) is 0 Å². The van der Waals surface area contributed by atoms with Gasteiger partial charge in [0.2, 0.25) is 0 Å². The van der Waals surface area contributed by atoms with Crippen LogP contribution in [0.25, 0.3) is 0 Å². The molecule has 0 aliphatic carbocycles. The summed E-state index contributed by atoms with van der Waals surface area (Å²) in [5, 5.41) is 10.9. The van der Waals surface area contributed by atoms with E-state index in [9.17, 15) is 5.11 Å². The minimum atomic E-state index is -0.144. The second-order valence-electron chi connectivity index (χ2n) is 11.1. The average Bonchev–Trinajstić information content (AvgIpc) is 3.71. The van der Waals surface area contributed by atoms with E-state index in [1.54, 1.807) is 0 Å². The molecule has 2 aromatic rings. The Morgan fingerprint density at radius 3 is 2.79 bits per heavy atom. The standard InChI is InChI=1S/C27H35N5O5S/c33-14-21-25(31-7-3-27(4-8-31)5-10-35-17-27)29-12-23(30-21)38-22-1-6-28-26-24(22)36-15-18-11-20(13-32(18)26)37-19-2-9-34-16-19/h1,6,12,18-20,33H,2-5,7-11,13-17H2. The van der Waals surface area contributed by atoms with Crippen LogP contribution in [0.2, 0.25) is 0 Å². The highest BCUT2D eigenvalue weighted by Crippen LogP contribution is 2.45. The number of anilines is 2. The van der Waals surface area contributed by atoms with Crippen LogP contribution in [0.5, 0.6) is 5.75 Å². The molecular weight excluding hydrogens is 506 g/mol. The molecule has 10 nitrogen and oxygen atoms in total. The maximum absolute atomic E-state index is 10.1. The number of pyridine rings is 1. The molecule has 4 fully saturated rings. The second kappa shape index (κ2) is 10.4. The van der Waals surface area contributed by atoms with E-state index >= 15 is 0 Å². The van der Waals surface area contributed by atoms with Gasteiger partial charge < -0.3 is 33.9 Å². The fraction of sp³-hybridized carbons (Fsp3) is 0.667. The fourth-order valence-electron chi connectivity index (χ4n) is 6.47. The van der Waals surface area contributed by atoms with Gasteiger partial charge in [-0.15, -0.1) is 0 Å². The lowest BCUT2D eigenvalue weighted by Crippen LogP contribution is -2.41. The molecule has 0 bridgehead atoms. The van der Waals surface area contributed by atoms with E-state index in [2.05, 4.69) is 14.8 Å².